The first-order valence-corrected chi connectivity index (χ1v) is 6.93. The molecule has 3 heterocycles. The topological polar surface area (TPSA) is 66.9 Å². The Kier molecular flexibility index (Phi) is 4.35. The molecule has 0 radical (unpaired) electrons. The Morgan fingerprint density at radius 2 is 2.30 bits per heavy atom. The number of hydrogen-bond donors (Lipinski definition) is 1. The molecule has 6 heteroatoms. The summed E-state index contributed by atoms with van der Waals surface area (Å²) in [7, 11) is 0. The third-order valence-corrected chi connectivity index (χ3v) is 3.46. The van der Waals surface area contributed by atoms with Crippen LogP contribution in [0.25, 0.3) is 0 Å². The Morgan fingerprint density at radius 3 is 3.10 bits per heavy atom. The van der Waals surface area contributed by atoms with Crippen LogP contribution < -0.4 is 0 Å². The van der Waals surface area contributed by atoms with E-state index in [1.807, 2.05) is 12.4 Å². The monoisotopic (exact) mass is 273 g/mol. The fraction of sp³-hybridized carbons (Fsp3) is 0.500. The van der Waals surface area contributed by atoms with Crippen LogP contribution in [0.2, 0.25) is 0 Å². The Bertz CT molecular complexity index is 502. The maximum atomic E-state index is 5.71. The van der Waals surface area contributed by atoms with Crippen molar-refractivity contribution < 1.29 is 4.74 Å². The van der Waals surface area contributed by atoms with Crippen molar-refractivity contribution in [2.24, 2.45) is 5.92 Å². The van der Waals surface area contributed by atoms with Crippen LogP contribution in [0.15, 0.2) is 31.0 Å². The molecule has 0 saturated carbocycles. The molecule has 1 atom stereocenters. The lowest BCUT2D eigenvalue weighted by atomic mass is 10.0. The molecule has 0 bridgehead atoms. The smallest absolute Gasteiger partial charge is 0.120 e. The van der Waals surface area contributed by atoms with Crippen LogP contribution in [0.4, 0.5) is 0 Å². The highest BCUT2D eigenvalue weighted by atomic mass is 16.5. The van der Waals surface area contributed by atoms with Gasteiger partial charge in [0.2, 0.25) is 0 Å². The van der Waals surface area contributed by atoms with Gasteiger partial charge in [0, 0.05) is 50.0 Å². The number of rotatable bonds is 4. The van der Waals surface area contributed by atoms with E-state index in [-0.39, 0.29) is 0 Å². The number of imidazole rings is 1. The van der Waals surface area contributed by atoms with Crippen LogP contribution in [0.3, 0.4) is 0 Å². The summed E-state index contributed by atoms with van der Waals surface area (Å²) in [6, 6.07) is 0. The molecule has 3 rings (SSSR count). The maximum absolute atomic E-state index is 5.71. The lowest BCUT2D eigenvalue weighted by Crippen LogP contribution is -2.31. The third kappa shape index (κ3) is 3.61. The number of H-pyrrole nitrogens is 1. The fourth-order valence-electron chi connectivity index (χ4n) is 2.55. The number of nitrogens with zero attached hydrogens (tertiary/aromatic N) is 4. The molecule has 1 aliphatic rings. The summed E-state index contributed by atoms with van der Waals surface area (Å²) in [6.45, 7) is 4.34. The number of hydrogen-bond acceptors (Lipinski definition) is 5. The van der Waals surface area contributed by atoms with Crippen molar-refractivity contribution in [1.29, 1.82) is 0 Å². The molecule has 1 aliphatic heterocycles. The number of nitrogens with one attached hydrogen (secondary N) is 1. The molecule has 6 nitrogen and oxygen atoms in total. The van der Waals surface area contributed by atoms with E-state index >= 15 is 0 Å². The summed E-state index contributed by atoms with van der Waals surface area (Å²) < 4.78 is 5.71. The van der Waals surface area contributed by atoms with Gasteiger partial charge in [-0.15, -0.1) is 0 Å². The highest BCUT2D eigenvalue weighted by Gasteiger charge is 2.20. The molecule has 1 N–H and O–H groups in total. The molecule has 106 valence electrons. The summed E-state index contributed by atoms with van der Waals surface area (Å²) in [5, 5.41) is 0. The van der Waals surface area contributed by atoms with Crippen LogP contribution in [0.5, 0.6) is 0 Å². The van der Waals surface area contributed by atoms with Gasteiger partial charge in [-0.3, -0.25) is 14.9 Å². The van der Waals surface area contributed by atoms with E-state index in [2.05, 4.69) is 24.8 Å². The minimum atomic E-state index is 0.448. The summed E-state index contributed by atoms with van der Waals surface area (Å²) in [5.74, 6) is 1.45. The number of ether oxygens (including phenoxy) is 1. The molecule has 0 spiro atoms. The van der Waals surface area contributed by atoms with Crippen molar-refractivity contribution >= 4 is 0 Å². The molecule has 2 aromatic heterocycles. The van der Waals surface area contributed by atoms with E-state index in [1.54, 1.807) is 18.6 Å². The molecule has 1 saturated heterocycles. The van der Waals surface area contributed by atoms with Crippen LogP contribution >= 0.6 is 0 Å². The zero-order chi connectivity index (χ0) is 13.6. The van der Waals surface area contributed by atoms with E-state index in [4.69, 9.17) is 4.74 Å². The van der Waals surface area contributed by atoms with Gasteiger partial charge in [0.15, 0.2) is 0 Å². The van der Waals surface area contributed by atoms with Crippen LogP contribution in [-0.2, 0) is 17.7 Å². The van der Waals surface area contributed by atoms with Crippen molar-refractivity contribution in [1.82, 2.24) is 24.8 Å². The number of aromatic amines is 1. The standard InChI is InChI=1S/C14H19N5O/c1-2-16-13(8-15-1)7-12-9-19(5-6-20-11-12)10-14-17-3-4-18-14/h1-4,8,12H,5-7,9-11H2,(H,17,18). The molecular formula is C14H19N5O. The largest absolute Gasteiger partial charge is 0.380 e. The normalized spacial score (nSPS) is 20.7. The van der Waals surface area contributed by atoms with Crippen molar-refractivity contribution in [2.75, 3.05) is 26.3 Å². The molecule has 0 aliphatic carbocycles. The molecule has 2 aromatic rings. The van der Waals surface area contributed by atoms with Gasteiger partial charge in [0.05, 0.1) is 25.5 Å². The van der Waals surface area contributed by atoms with E-state index in [1.165, 1.54) is 0 Å². The van der Waals surface area contributed by atoms with Gasteiger partial charge < -0.3 is 9.72 Å². The highest BCUT2D eigenvalue weighted by molar-refractivity contribution is 4.97. The Hall–Kier alpha value is -1.79. The molecule has 20 heavy (non-hydrogen) atoms. The zero-order valence-electron chi connectivity index (χ0n) is 11.4. The van der Waals surface area contributed by atoms with Gasteiger partial charge in [0.25, 0.3) is 0 Å². The minimum absolute atomic E-state index is 0.448. The predicted molar refractivity (Wildman–Crippen MR) is 73.9 cm³/mol. The van der Waals surface area contributed by atoms with E-state index in [0.29, 0.717) is 5.92 Å². The van der Waals surface area contributed by atoms with Crippen molar-refractivity contribution in [3.05, 3.63) is 42.5 Å². The van der Waals surface area contributed by atoms with Crippen LogP contribution in [0, 0.1) is 5.92 Å². The lowest BCUT2D eigenvalue weighted by molar-refractivity contribution is 0.121. The second kappa shape index (κ2) is 6.58. The average molecular weight is 273 g/mol. The van der Waals surface area contributed by atoms with Crippen molar-refractivity contribution in [2.45, 2.75) is 13.0 Å². The number of aromatic nitrogens is 4. The first-order valence-electron chi connectivity index (χ1n) is 6.93. The van der Waals surface area contributed by atoms with Gasteiger partial charge >= 0.3 is 0 Å². The van der Waals surface area contributed by atoms with Crippen LogP contribution in [0.1, 0.15) is 11.5 Å². The summed E-state index contributed by atoms with van der Waals surface area (Å²) >= 11 is 0. The second-order valence-corrected chi connectivity index (χ2v) is 5.11. The summed E-state index contributed by atoms with van der Waals surface area (Å²) in [5.41, 5.74) is 1.03. The Balaban J connectivity index is 1.60. The van der Waals surface area contributed by atoms with E-state index in [9.17, 15) is 0 Å². The van der Waals surface area contributed by atoms with Gasteiger partial charge in [-0.05, 0) is 6.42 Å². The fourth-order valence-corrected chi connectivity index (χ4v) is 2.55. The van der Waals surface area contributed by atoms with Gasteiger partial charge in [-0.2, -0.15) is 0 Å². The van der Waals surface area contributed by atoms with Gasteiger partial charge in [0.1, 0.15) is 5.82 Å². The third-order valence-electron chi connectivity index (χ3n) is 3.46. The van der Waals surface area contributed by atoms with E-state index < -0.39 is 0 Å². The van der Waals surface area contributed by atoms with Gasteiger partial charge in [-0.1, -0.05) is 0 Å². The Labute approximate surface area is 118 Å². The molecule has 0 amide bonds. The molecule has 0 aromatic carbocycles. The van der Waals surface area contributed by atoms with Crippen LogP contribution in [-0.4, -0.2) is 51.1 Å². The summed E-state index contributed by atoms with van der Waals surface area (Å²) in [6.07, 6.45) is 9.84. The predicted octanol–water partition coefficient (Wildman–Crippen LogP) is 0.891. The minimum Gasteiger partial charge on any atom is -0.380 e. The maximum Gasteiger partial charge on any atom is 0.120 e. The highest BCUT2D eigenvalue weighted by Crippen LogP contribution is 2.13. The average Bonchev–Trinajstić information content (AvgIpc) is 2.87. The van der Waals surface area contributed by atoms with E-state index in [0.717, 1.165) is 50.8 Å². The molecule has 1 unspecified atom stereocenters. The quantitative estimate of drug-likeness (QED) is 0.896. The van der Waals surface area contributed by atoms with Crippen molar-refractivity contribution in [3.8, 4) is 0 Å². The molecular weight excluding hydrogens is 254 g/mol. The Morgan fingerprint density at radius 1 is 1.30 bits per heavy atom. The SMILES string of the molecule is c1cnc(CC2COCCN(Cc3ncc[nH]3)C2)cn1. The lowest BCUT2D eigenvalue weighted by Gasteiger charge is -2.22. The summed E-state index contributed by atoms with van der Waals surface area (Å²) in [4.78, 5) is 18.3. The second-order valence-electron chi connectivity index (χ2n) is 5.11. The first kappa shape index (κ1) is 13.2. The molecule has 1 fully saturated rings. The van der Waals surface area contributed by atoms with Crippen molar-refractivity contribution in [3.63, 3.8) is 0 Å². The first-order chi connectivity index (χ1) is 9.90. The van der Waals surface area contributed by atoms with Gasteiger partial charge in [-0.25, -0.2) is 4.98 Å². The zero-order valence-corrected chi connectivity index (χ0v) is 11.4.